The normalized spacial score (nSPS) is 37.9. The Hall–Kier alpha value is -3.36. The second kappa shape index (κ2) is 6.37. The topological polar surface area (TPSA) is 105 Å². The number of Topliss-reactive ketones (excluding diaryl/α,β-unsaturated/α-hetero) is 1. The van der Waals surface area contributed by atoms with Gasteiger partial charge in [0.05, 0.1) is 22.9 Å². The number of hydrogen-bond acceptors (Lipinski definition) is 6. The number of fused-ring (bicyclic) bond motifs is 5. The lowest BCUT2D eigenvalue weighted by Crippen LogP contribution is -2.82. The van der Waals surface area contributed by atoms with Gasteiger partial charge in [0.25, 0.3) is 5.91 Å². The summed E-state index contributed by atoms with van der Waals surface area (Å²) in [6.07, 6.45) is 4.64. The van der Waals surface area contributed by atoms with Crippen LogP contribution in [0.1, 0.15) is 58.9 Å². The molecule has 1 N–H and O–H groups in total. The summed E-state index contributed by atoms with van der Waals surface area (Å²) < 4.78 is 12.2. The van der Waals surface area contributed by atoms with Crippen molar-refractivity contribution in [2.75, 3.05) is 18.9 Å². The number of carbonyl (C=O) groups excluding carboxylic acids is 4. The first-order chi connectivity index (χ1) is 17.3. The zero-order valence-electron chi connectivity index (χ0n) is 21.8. The maximum Gasteiger partial charge on any atom is 0.290 e. The van der Waals surface area contributed by atoms with Crippen molar-refractivity contribution in [3.63, 3.8) is 0 Å². The first-order valence-electron chi connectivity index (χ1n) is 13.0. The van der Waals surface area contributed by atoms with Crippen LogP contribution in [0.2, 0.25) is 0 Å². The van der Waals surface area contributed by atoms with E-state index in [1.54, 1.807) is 23.1 Å². The molecule has 2 bridgehead atoms. The van der Waals surface area contributed by atoms with Crippen LogP contribution in [0.4, 0.5) is 5.69 Å². The maximum atomic E-state index is 14.1. The average molecular weight is 506 g/mol. The average Bonchev–Trinajstić information content (AvgIpc) is 3.15. The summed E-state index contributed by atoms with van der Waals surface area (Å²) in [5.74, 6) is -0.286. The number of piperazine rings is 1. The van der Waals surface area contributed by atoms with E-state index in [9.17, 15) is 19.2 Å². The molecule has 6 aliphatic heterocycles. The number of likely N-dealkylation sites (N-methyl/N-ethyl adjacent to an activating group) is 1. The van der Waals surface area contributed by atoms with Crippen molar-refractivity contribution in [3.8, 4) is 11.5 Å². The minimum atomic E-state index is -1.02. The molecule has 4 saturated heterocycles. The molecular weight excluding hydrogens is 474 g/mol. The molecule has 9 heteroatoms. The molecule has 8 rings (SSSR count). The van der Waals surface area contributed by atoms with E-state index in [2.05, 4.69) is 19.2 Å². The molecule has 4 atom stereocenters. The molecule has 3 spiro atoms. The van der Waals surface area contributed by atoms with E-state index in [0.717, 1.165) is 5.56 Å². The van der Waals surface area contributed by atoms with E-state index >= 15 is 0 Å². The fourth-order valence-corrected chi connectivity index (χ4v) is 8.61. The summed E-state index contributed by atoms with van der Waals surface area (Å²) in [6.45, 7) is 8.36. The van der Waals surface area contributed by atoms with E-state index < -0.39 is 39.2 Å². The fraction of sp³-hybridized carbons (Fsp3) is 0.571. The Bertz CT molecular complexity index is 1380. The van der Waals surface area contributed by atoms with Crippen molar-refractivity contribution in [1.82, 2.24) is 9.80 Å². The van der Waals surface area contributed by atoms with E-state index in [-0.39, 0.29) is 30.7 Å². The van der Waals surface area contributed by atoms with Crippen LogP contribution in [0.3, 0.4) is 0 Å². The van der Waals surface area contributed by atoms with Gasteiger partial charge in [0, 0.05) is 20.0 Å². The molecule has 0 unspecified atom stereocenters. The molecule has 5 fully saturated rings. The van der Waals surface area contributed by atoms with Crippen LogP contribution >= 0.6 is 0 Å². The van der Waals surface area contributed by atoms with Gasteiger partial charge >= 0.3 is 0 Å². The number of benzene rings is 1. The summed E-state index contributed by atoms with van der Waals surface area (Å²) in [5, 5.41) is 3.12. The number of piperidine rings is 3. The summed E-state index contributed by atoms with van der Waals surface area (Å²) in [4.78, 5) is 56.8. The summed E-state index contributed by atoms with van der Waals surface area (Å²) in [6, 6.07) is 3.80. The van der Waals surface area contributed by atoms with Crippen LogP contribution in [0, 0.1) is 11.3 Å². The SMILES string of the molecule is CN1C(=O)[C@@]23CCC(=O)C(=O)N2C[C@@]12C[C@@]1(C(=O)Nc4c1ccc1c4OC=CC(C)(C)O1)C(C)(C)[C@@H]2C3. The Morgan fingerprint density at radius 3 is 2.59 bits per heavy atom. The fourth-order valence-electron chi connectivity index (χ4n) is 8.61. The van der Waals surface area contributed by atoms with E-state index in [1.807, 2.05) is 32.1 Å². The Kier molecular flexibility index (Phi) is 3.92. The molecular formula is C28H31N3O6. The molecule has 9 nitrogen and oxygen atoms in total. The molecule has 1 aliphatic carbocycles. The van der Waals surface area contributed by atoms with Crippen molar-refractivity contribution in [2.45, 2.75) is 75.5 Å². The Balaban J connectivity index is 1.41. The van der Waals surface area contributed by atoms with Crippen LogP contribution < -0.4 is 14.8 Å². The van der Waals surface area contributed by atoms with Gasteiger partial charge in [-0.05, 0) is 62.1 Å². The minimum Gasteiger partial charge on any atom is -0.480 e. The first-order valence-corrected chi connectivity index (χ1v) is 13.0. The van der Waals surface area contributed by atoms with Crippen LogP contribution in [0.5, 0.6) is 11.5 Å². The van der Waals surface area contributed by atoms with Crippen LogP contribution in [-0.2, 0) is 24.6 Å². The number of rotatable bonds is 0. The molecule has 1 aromatic rings. The van der Waals surface area contributed by atoms with E-state index in [4.69, 9.17) is 9.47 Å². The number of ketones is 1. The van der Waals surface area contributed by atoms with Crippen molar-refractivity contribution < 1.29 is 28.7 Å². The second-order valence-electron chi connectivity index (χ2n) is 12.8. The third-order valence-electron chi connectivity index (χ3n) is 10.5. The van der Waals surface area contributed by atoms with Gasteiger partial charge in [-0.15, -0.1) is 0 Å². The largest absolute Gasteiger partial charge is 0.480 e. The van der Waals surface area contributed by atoms with Crippen LogP contribution in [0.25, 0.3) is 0 Å². The summed E-state index contributed by atoms with van der Waals surface area (Å²) in [7, 11) is 1.80. The highest BCUT2D eigenvalue weighted by atomic mass is 16.5. The van der Waals surface area contributed by atoms with Crippen molar-refractivity contribution in [3.05, 3.63) is 30.0 Å². The van der Waals surface area contributed by atoms with Gasteiger partial charge in [-0.2, -0.15) is 0 Å². The quantitative estimate of drug-likeness (QED) is 0.544. The number of anilines is 1. The molecule has 37 heavy (non-hydrogen) atoms. The lowest BCUT2D eigenvalue weighted by Gasteiger charge is -2.66. The van der Waals surface area contributed by atoms with Gasteiger partial charge < -0.3 is 24.6 Å². The monoisotopic (exact) mass is 505 g/mol. The van der Waals surface area contributed by atoms with Gasteiger partial charge in [-0.3, -0.25) is 19.2 Å². The molecule has 3 amide bonds. The van der Waals surface area contributed by atoms with Crippen LogP contribution in [-0.4, -0.2) is 63.6 Å². The number of hydrogen-bond donors (Lipinski definition) is 1. The molecule has 1 saturated carbocycles. The Morgan fingerprint density at radius 2 is 1.84 bits per heavy atom. The third kappa shape index (κ3) is 2.33. The molecule has 0 aromatic heterocycles. The lowest BCUT2D eigenvalue weighted by atomic mass is 9.56. The highest BCUT2D eigenvalue weighted by Gasteiger charge is 2.80. The van der Waals surface area contributed by atoms with Gasteiger partial charge in [0.15, 0.2) is 11.5 Å². The maximum absolute atomic E-state index is 14.1. The highest BCUT2D eigenvalue weighted by molar-refractivity contribution is 6.37. The van der Waals surface area contributed by atoms with Gasteiger partial charge in [-0.1, -0.05) is 19.9 Å². The number of ether oxygens (including phenoxy) is 2. The Labute approximate surface area is 215 Å². The smallest absolute Gasteiger partial charge is 0.290 e. The van der Waals surface area contributed by atoms with Gasteiger partial charge in [-0.25, -0.2) is 0 Å². The Morgan fingerprint density at radius 1 is 1.08 bits per heavy atom. The zero-order valence-corrected chi connectivity index (χ0v) is 21.8. The molecule has 0 radical (unpaired) electrons. The number of nitrogens with zero attached hydrogens (tertiary/aromatic N) is 2. The number of amides is 3. The van der Waals surface area contributed by atoms with Gasteiger partial charge in [0.1, 0.15) is 11.1 Å². The minimum absolute atomic E-state index is 0.0496. The first kappa shape index (κ1) is 22.8. The molecule has 6 heterocycles. The third-order valence-corrected chi connectivity index (χ3v) is 10.5. The van der Waals surface area contributed by atoms with Crippen molar-refractivity contribution >= 4 is 29.2 Å². The van der Waals surface area contributed by atoms with Crippen LogP contribution in [0.15, 0.2) is 24.5 Å². The lowest BCUT2D eigenvalue weighted by molar-refractivity contribution is -0.200. The van der Waals surface area contributed by atoms with Gasteiger partial charge in [0.2, 0.25) is 17.6 Å². The molecule has 1 aromatic carbocycles. The second-order valence-corrected chi connectivity index (χ2v) is 12.8. The standard InChI is InChI=1S/C28H31N3O6/c1-24(2)10-11-36-20-17(37-24)7-6-15-19(20)29-22(34)28(15)13-27-14-31-21(33)16(32)8-9-26(31,23(35)30(27)5)12-18(27)25(28,3)4/h6-7,10-11,18H,8-9,12-14H2,1-5H3,(H,29,34)/t18-,26-,27+,28+/m0/s1. The number of nitrogens with one attached hydrogen (secondary N) is 1. The molecule has 194 valence electrons. The van der Waals surface area contributed by atoms with Crippen molar-refractivity contribution in [1.29, 1.82) is 0 Å². The van der Waals surface area contributed by atoms with E-state index in [0.29, 0.717) is 36.4 Å². The van der Waals surface area contributed by atoms with Crippen molar-refractivity contribution in [2.24, 2.45) is 11.3 Å². The summed E-state index contributed by atoms with van der Waals surface area (Å²) in [5.41, 5.74) is -2.46. The van der Waals surface area contributed by atoms with E-state index in [1.165, 1.54) is 0 Å². The zero-order chi connectivity index (χ0) is 26.3. The number of carbonyl (C=O) groups is 4. The predicted molar refractivity (Wildman–Crippen MR) is 132 cm³/mol. The summed E-state index contributed by atoms with van der Waals surface area (Å²) >= 11 is 0. The highest BCUT2D eigenvalue weighted by Crippen LogP contribution is 2.72. The predicted octanol–water partition coefficient (Wildman–Crippen LogP) is 2.53. The molecule has 7 aliphatic rings.